The first kappa shape index (κ1) is 11.5. The Labute approximate surface area is 98.4 Å². The Hall–Kier alpha value is -1.02. The first-order valence-corrected chi connectivity index (χ1v) is 6.18. The fourth-order valence-corrected chi connectivity index (χ4v) is 2.71. The van der Waals surface area contributed by atoms with Gasteiger partial charge in [0.15, 0.2) is 0 Å². The van der Waals surface area contributed by atoms with E-state index in [0.717, 1.165) is 13.1 Å². The molecule has 0 radical (unpaired) electrons. The lowest BCUT2D eigenvalue weighted by Crippen LogP contribution is -2.33. The average Bonchev–Trinajstić information content (AvgIpc) is 2.64. The van der Waals surface area contributed by atoms with Crippen molar-refractivity contribution in [1.82, 2.24) is 0 Å². The minimum atomic E-state index is 0.575. The Balaban J connectivity index is 2.29. The van der Waals surface area contributed by atoms with Gasteiger partial charge in [-0.15, -0.1) is 0 Å². The quantitative estimate of drug-likeness (QED) is 0.826. The van der Waals surface area contributed by atoms with Gasteiger partial charge in [0.2, 0.25) is 0 Å². The van der Waals surface area contributed by atoms with Gasteiger partial charge in [0, 0.05) is 18.3 Å². The summed E-state index contributed by atoms with van der Waals surface area (Å²) < 4.78 is 0. The summed E-state index contributed by atoms with van der Waals surface area (Å²) in [4.78, 5) is 2.51. The molecule has 1 fully saturated rings. The van der Waals surface area contributed by atoms with E-state index in [0.29, 0.717) is 12.0 Å². The zero-order valence-corrected chi connectivity index (χ0v) is 10.5. The highest BCUT2D eigenvalue weighted by Gasteiger charge is 2.30. The number of benzene rings is 1. The maximum absolute atomic E-state index is 5.81. The lowest BCUT2D eigenvalue weighted by Gasteiger charge is -2.28. The van der Waals surface area contributed by atoms with E-state index in [4.69, 9.17) is 5.73 Å². The van der Waals surface area contributed by atoms with E-state index in [-0.39, 0.29) is 0 Å². The SMILES string of the molecule is Cc1cccc(N2CCC(CN)C2C)c1C. The van der Waals surface area contributed by atoms with Gasteiger partial charge in [-0.05, 0) is 56.8 Å². The Morgan fingerprint density at radius 2 is 2.12 bits per heavy atom. The topological polar surface area (TPSA) is 29.3 Å². The molecule has 1 aromatic carbocycles. The minimum absolute atomic E-state index is 0.575. The van der Waals surface area contributed by atoms with Crippen LogP contribution >= 0.6 is 0 Å². The van der Waals surface area contributed by atoms with Gasteiger partial charge in [0.1, 0.15) is 0 Å². The maximum atomic E-state index is 5.81. The fraction of sp³-hybridized carbons (Fsp3) is 0.571. The molecule has 0 saturated carbocycles. The molecule has 2 nitrogen and oxygen atoms in total. The summed E-state index contributed by atoms with van der Waals surface area (Å²) in [5, 5.41) is 0. The van der Waals surface area contributed by atoms with Crippen molar-refractivity contribution in [2.45, 2.75) is 33.2 Å². The lowest BCUT2D eigenvalue weighted by molar-refractivity contribution is 0.508. The van der Waals surface area contributed by atoms with Crippen LogP contribution in [0.25, 0.3) is 0 Å². The zero-order valence-electron chi connectivity index (χ0n) is 10.5. The van der Waals surface area contributed by atoms with E-state index < -0.39 is 0 Å². The highest BCUT2D eigenvalue weighted by atomic mass is 15.2. The van der Waals surface area contributed by atoms with Crippen molar-refractivity contribution in [3.05, 3.63) is 29.3 Å². The maximum Gasteiger partial charge on any atom is 0.0401 e. The van der Waals surface area contributed by atoms with Crippen LogP contribution in [-0.4, -0.2) is 19.1 Å². The molecule has 0 amide bonds. The van der Waals surface area contributed by atoms with Gasteiger partial charge in [0.05, 0.1) is 0 Å². The molecule has 88 valence electrons. The number of anilines is 1. The average molecular weight is 218 g/mol. The zero-order chi connectivity index (χ0) is 11.7. The molecule has 1 aliphatic heterocycles. The van der Waals surface area contributed by atoms with Crippen molar-refractivity contribution in [3.8, 4) is 0 Å². The second-order valence-corrected chi connectivity index (χ2v) is 4.94. The third-order valence-electron chi connectivity index (χ3n) is 4.10. The molecule has 1 saturated heterocycles. The summed E-state index contributed by atoms with van der Waals surface area (Å²) >= 11 is 0. The number of hydrogen-bond donors (Lipinski definition) is 1. The van der Waals surface area contributed by atoms with Gasteiger partial charge in [-0.3, -0.25) is 0 Å². The summed E-state index contributed by atoms with van der Waals surface area (Å²) in [5.41, 5.74) is 9.98. The highest BCUT2D eigenvalue weighted by Crippen LogP contribution is 2.32. The van der Waals surface area contributed by atoms with Gasteiger partial charge in [0.25, 0.3) is 0 Å². The fourth-order valence-electron chi connectivity index (χ4n) is 2.71. The molecule has 2 heteroatoms. The molecule has 0 aliphatic carbocycles. The molecule has 0 spiro atoms. The number of hydrogen-bond acceptors (Lipinski definition) is 2. The van der Waals surface area contributed by atoms with Crippen LogP contribution in [0.15, 0.2) is 18.2 Å². The highest BCUT2D eigenvalue weighted by molar-refractivity contribution is 5.57. The number of aryl methyl sites for hydroxylation is 1. The van der Waals surface area contributed by atoms with Crippen LogP contribution in [0.1, 0.15) is 24.5 Å². The lowest BCUT2D eigenvalue weighted by atomic mass is 10.0. The van der Waals surface area contributed by atoms with Gasteiger partial charge >= 0.3 is 0 Å². The van der Waals surface area contributed by atoms with E-state index in [1.807, 2.05) is 0 Å². The van der Waals surface area contributed by atoms with Crippen LogP contribution in [0.3, 0.4) is 0 Å². The Morgan fingerprint density at radius 3 is 2.75 bits per heavy atom. The Kier molecular flexibility index (Phi) is 3.20. The smallest absolute Gasteiger partial charge is 0.0401 e. The summed E-state index contributed by atoms with van der Waals surface area (Å²) in [6, 6.07) is 7.14. The summed E-state index contributed by atoms with van der Waals surface area (Å²) in [6.45, 7) is 8.65. The molecule has 2 rings (SSSR count). The molecule has 2 atom stereocenters. The summed E-state index contributed by atoms with van der Waals surface area (Å²) in [5.74, 6) is 0.653. The van der Waals surface area contributed by atoms with Gasteiger partial charge in [-0.2, -0.15) is 0 Å². The molecular weight excluding hydrogens is 196 g/mol. The van der Waals surface area contributed by atoms with Crippen LogP contribution in [0.4, 0.5) is 5.69 Å². The molecule has 16 heavy (non-hydrogen) atoms. The van der Waals surface area contributed by atoms with Gasteiger partial charge < -0.3 is 10.6 Å². The van der Waals surface area contributed by atoms with Crippen molar-refractivity contribution >= 4 is 5.69 Å². The Morgan fingerprint density at radius 1 is 1.38 bits per heavy atom. The Bertz CT molecular complexity index is 373. The van der Waals surface area contributed by atoms with Crippen LogP contribution in [0, 0.1) is 19.8 Å². The van der Waals surface area contributed by atoms with E-state index in [1.54, 1.807) is 0 Å². The van der Waals surface area contributed by atoms with E-state index in [9.17, 15) is 0 Å². The third kappa shape index (κ3) is 1.82. The van der Waals surface area contributed by atoms with Crippen LogP contribution < -0.4 is 10.6 Å². The van der Waals surface area contributed by atoms with Gasteiger partial charge in [-0.25, -0.2) is 0 Å². The van der Waals surface area contributed by atoms with Crippen LogP contribution in [-0.2, 0) is 0 Å². The molecule has 1 aliphatic rings. The molecule has 0 aromatic heterocycles. The van der Waals surface area contributed by atoms with E-state index in [2.05, 4.69) is 43.9 Å². The van der Waals surface area contributed by atoms with E-state index >= 15 is 0 Å². The molecule has 2 N–H and O–H groups in total. The molecule has 1 heterocycles. The van der Waals surface area contributed by atoms with Crippen LogP contribution in [0.5, 0.6) is 0 Å². The predicted octanol–water partition coefficient (Wildman–Crippen LogP) is 2.48. The van der Waals surface area contributed by atoms with Crippen molar-refractivity contribution in [2.24, 2.45) is 11.7 Å². The second kappa shape index (κ2) is 4.46. The summed E-state index contributed by atoms with van der Waals surface area (Å²) in [6.07, 6.45) is 1.23. The molecule has 0 bridgehead atoms. The monoisotopic (exact) mass is 218 g/mol. The first-order valence-electron chi connectivity index (χ1n) is 6.18. The second-order valence-electron chi connectivity index (χ2n) is 4.94. The predicted molar refractivity (Wildman–Crippen MR) is 69.9 cm³/mol. The van der Waals surface area contributed by atoms with Crippen molar-refractivity contribution in [2.75, 3.05) is 18.0 Å². The number of nitrogens with zero attached hydrogens (tertiary/aromatic N) is 1. The normalized spacial score (nSPS) is 25.1. The molecule has 1 aromatic rings. The number of nitrogens with two attached hydrogens (primary N) is 1. The van der Waals surface area contributed by atoms with E-state index in [1.165, 1.54) is 23.2 Å². The van der Waals surface area contributed by atoms with Crippen LogP contribution in [0.2, 0.25) is 0 Å². The van der Waals surface area contributed by atoms with Crippen molar-refractivity contribution in [1.29, 1.82) is 0 Å². The minimum Gasteiger partial charge on any atom is -0.368 e. The number of rotatable bonds is 2. The molecular formula is C14H22N2. The molecule has 2 unspecified atom stereocenters. The first-order chi connectivity index (χ1) is 7.65. The van der Waals surface area contributed by atoms with Crippen molar-refractivity contribution < 1.29 is 0 Å². The summed E-state index contributed by atoms with van der Waals surface area (Å²) in [7, 11) is 0. The van der Waals surface area contributed by atoms with Gasteiger partial charge in [-0.1, -0.05) is 12.1 Å². The van der Waals surface area contributed by atoms with Crippen molar-refractivity contribution in [3.63, 3.8) is 0 Å². The standard InChI is InChI=1S/C14H22N2/c1-10-5-4-6-14(11(10)2)16-8-7-13(9-15)12(16)3/h4-6,12-13H,7-9,15H2,1-3H3. The largest absolute Gasteiger partial charge is 0.368 e. The third-order valence-corrected chi connectivity index (χ3v) is 4.10.